The van der Waals surface area contributed by atoms with Crippen molar-refractivity contribution >= 4 is 5.91 Å². The van der Waals surface area contributed by atoms with E-state index >= 15 is 0 Å². The molecule has 0 spiro atoms. The second-order valence-corrected chi connectivity index (χ2v) is 6.08. The van der Waals surface area contributed by atoms with Gasteiger partial charge in [0.05, 0.1) is 5.60 Å². The fourth-order valence-corrected chi connectivity index (χ4v) is 2.46. The average Bonchev–Trinajstić information content (AvgIpc) is 2.24. The fraction of sp³-hybridized carbons (Fsp3) is 0.923. The first-order chi connectivity index (χ1) is 8.61. The van der Waals surface area contributed by atoms with Crippen molar-refractivity contribution in [2.24, 2.45) is 5.92 Å². The number of amides is 1. The van der Waals surface area contributed by atoms with E-state index in [0.29, 0.717) is 6.54 Å². The molecule has 1 rings (SSSR count). The van der Waals surface area contributed by atoms with Crippen LogP contribution in [0.3, 0.4) is 0 Å². The molecule has 4 nitrogen and oxygen atoms in total. The first kappa shape index (κ1) is 16.3. The summed E-state index contributed by atoms with van der Waals surface area (Å²) in [5, 5.41) is 12.7. The molecule has 1 saturated carbocycles. The van der Waals surface area contributed by atoms with Gasteiger partial charge >= 0.3 is 0 Å². The molecule has 2 N–H and O–H groups in total. The molecular formula is C13H24F2N2O2. The summed E-state index contributed by atoms with van der Waals surface area (Å²) in [5.74, 6) is -3.20. The number of carbonyl (C=O) groups excluding carboxylic acids is 1. The maximum atomic E-state index is 13.0. The van der Waals surface area contributed by atoms with Crippen LogP contribution in [0.5, 0.6) is 0 Å². The lowest BCUT2D eigenvalue weighted by atomic mass is 9.86. The van der Waals surface area contributed by atoms with Crippen molar-refractivity contribution < 1.29 is 18.7 Å². The zero-order chi connectivity index (χ0) is 14.7. The SMILES string of the molecule is CN(C)CC(C)(O)CNC(=O)C1CCC(F)(F)CC1. The summed E-state index contributed by atoms with van der Waals surface area (Å²) in [6.45, 7) is 2.20. The van der Waals surface area contributed by atoms with E-state index in [-0.39, 0.29) is 44.1 Å². The molecule has 0 aromatic carbocycles. The number of hydrogen-bond donors (Lipinski definition) is 2. The van der Waals surface area contributed by atoms with Crippen LogP contribution in [0, 0.1) is 5.92 Å². The van der Waals surface area contributed by atoms with E-state index in [1.807, 2.05) is 19.0 Å². The first-order valence-corrected chi connectivity index (χ1v) is 6.64. The van der Waals surface area contributed by atoms with Crippen LogP contribution in [0.2, 0.25) is 0 Å². The number of carbonyl (C=O) groups is 1. The number of halogens is 2. The molecule has 0 aromatic heterocycles. The Balaban J connectivity index is 2.36. The topological polar surface area (TPSA) is 52.6 Å². The van der Waals surface area contributed by atoms with E-state index in [2.05, 4.69) is 5.32 Å². The zero-order valence-electron chi connectivity index (χ0n) is 11.9. The fourth-order valence-electron chi connectivity index (χ4n) is 2.46. The van der Waals surface area contributed by atoms with Gasteiger partial charge in [0.15, 0.2) is 0 Å². The normalized spacial score (nSPS) is 23.1. The number of rotatable bonds is 5. The van der Waals surface area contributed by atoms with Crippen LogP contribution in [0.15, 0.2) is 0 Å². The molecule has 6 heteroatoms. The lowest BCUT2D eigenvalue weighted by molar-refractivity contribution is -0.130. The predicted molar refractivity (Wildman–Crippen MR) is 69.1 cm³/mol. The van der Waals surface area contributed by atoms with Gasteiger partial charge in [0.2, 0.25) is 11.8 Å². The van der Waals surface area contributed by atoms with Gasteiger partial charge in [-0.15, -0.1) is 0 Å². The maximum Gasteiger partial charge on any atom is 0.248 e. The van der Waals surface area contributed by atoms with Gasteiger partial charge in [-0.1, -0.05) is 0 Å². The van der Waals surface area contributed by atoms with Gasteiger partial charge < -0.3 is 15.3 Å². The first-order valence-electron chi connectivity index (χ1n) is 6.64. The number of likely N-dealkylation sites (N-methyl/N-ethyl adjacent to an activating group) is 1. The Bertz CT molecular complexity index is 310. The molecule has 1 unspecified atom stereocenters. The third kappa shape index (κ3) is 5.82. The Morgan fingerprint density at radius 2 is 1.95 bits per heavy atom. The molecule has 0 aliphatic heterocycles. The molecule has 0 radical (unpaired) electrons. The van der Waals surface area contributed by atoms with Crippen LogP contribution in [0.1, 0.15) is 32.6 Å². The van der Waals surface area contributed by atoms with Gasteiger partial charge in [-0.2, -0.15) is 0 Å². The van der Waals surface area contributed by atoms with E-state index in [4.69, 9.17) is 0 Å². The van der Waals surface area contributed by atoms with Gasteiger partial charge in [-0.25, -0.2) is 8.78 Å². The minimum atomic E-state index is -2.62. The summed E-state index contributed by atoms with van der Waals surface area (Å²) >= 11 is 0. The van der Waals surface area contributed by atoms with E-state index < -0.39 is 11.5 Å². The maximum absolute atomic E-state index is 13.0. The van der Waals surface area contributed by atoms with Gasteiger partial charge in [-0.05, 0) is 33.9 Å². The Kier molecular flexibility index (Phi) is 5.26. The van der Waals surface area contributed by atoms with Crippen LogP contribution < -0.4 is 5.32 Å². The molecule has 19 heavy (non-hydrogen) atoms. The number of nitrogens with one attached hydrogen (secondary N) is 1. The van der Waals surface area contributed by atoms with Crippen molar-refractivity contribution in [1.82, 2.24) is 10.2 Å². The minimum absolute atomic E-state index is 0.136. The van der Waals surface area contributed by atoms with Crippen LogP contribution >= 0.6 is 0 Å². The lowest BCUT2D eigenvalue weighted by Crippen LogP contribution is -2.48. The minimum Gasteiger partial charge on any atom is -0.387 e. The summed E-state index contributed by atoms with van der Waals surface area (Å²) in [4.78, 5) is 13.7. The van der Waals surface area contributed by atoms with E-state index in [0.717, 1.165) is 0 Å². The molecule has 1 aliphatic carbocycles. The quantitative estimate of drug-likeness (QED) is 0.795. The van der Waals surface area contributed by atoms with Crippen molar-refractivity contribution in [2.75, 3.05) is 27.2 Å². The number of aliphatic hydroxyl groups is 1. The molecule has 0 heterocycles. The van der Waals surface area contributed by atoms with Crippen LogP contribution in [-0.2, 0) is 4.79 Å². The molecule has 1 atom stereocenters. The van der Waals surface area contributed by atoms with Gasteiger partial charge in [0, 0.05) is 31.8 Å². The highest BCUT2D eigenvalue weighted by Gasteiger charge is 2.37. The van der Waals surface area contributed by atoms with Gasteiger partial charge in [0.25, 0.3) is 0 Å². The monoisotopic (exact) mass is 278 g/mol. The van der Waals surface area contributed by atoms with Crippen molar-refractivity contribution in [3.63, 3.8) is 0 Å². The lowest BCUT2D eigenvalue weighted by Gasteiger charge is -2.30. The number of alkyl halides is 2. The molecule has 0 saturated heterocycles. The third-order valence-electron chi connectivity index (χ3n) is 3.39. The Morgan fingerprint density at radius 3 is 2.42 bits per heavy atom. The zero-order valence-corrected chi connectivity index (χ0v) is 11.9. The Hall–Kier alpha value is -0.750. The highest BCUT2D eigenvalue weighted by atomic mass is 19.3. The van der Waals surface area contributed by atoms with Crippen molar-refractivity contribution in [1.29, 1.82) is 0 Å². The van der Waals surface area contributed by atoms with Gasteiger partial charge in [-0.3, -0.25) is 4.79 Å². The molecule has 112 valence electrons. The molecule has 0 bridgehead atoms. The van der Waals surface area contributed by atoms with E-state index in [1.165, 1.54) is 0 Å². The molecule has 0 aromatic rings. The highest BCUT2D eigenvalue weighted by molar-refractivity contribution is 5.78. The molecule has 1 aliphatic rings. The second-order valence-electron chi connectivity index (χ2n) is 6.08. The van der Waals surface area contributed by atoms with Crippen molar-refractivity contribution in [2.45, 2.75) is 44.1 Å². The summed E-state index contributed by atoms with van der Waals surface area (Å²) in [7, 11) is 3.67. The summed E-state index contributed by atoms with van der Waals surface area (Å²) in [6.07, 6.45) is -0.0122. The molecule has 1 fully saturated rings. The van der Waals surface area contributed by atoms with Gasteiger partial charge in [0.1, 0.15) is 0 Å². The Morgan fingerprint density at radius 1 is 1.42 bits per heavy atom. The smallest absolute Gasteiger partial charge is 0.248 e. The second kappa shape index (κ2) is 6.13. The van der Waals surface area contributed by atoms with Crippen LogP contribution in [0.25, 0.3) is 0 Å². The number of hydrogen-bond acceptors (Lipinski definition) is 3. The third-order valence-corrected chi connectivity index (χ3v) is 3.39. The van der Waals surface area contributed by atoms with E-state index in [9.17, 15) is 18.7 Å². The average molecular weight is 278 g/mol. The predicted octanol–water partition coefficient (Wildman–Crippen LogP) is 1.24. The summed E-state index contributed by atoms with van der Waals surface area (Å²) in [6, 6.07) is 0. The largest absolute Gasteiger partial charge is 0.387 e. The van der Waals surface area contributed by atoms with Crippen LogP contribution in [-0.4, -0.2) is 54.6 Å². The summed E-state index contributed by atoms with van der Waals surface area (Å²) < 4.78 is 26.0. The van der Waals surface area contributed by atoms with E-state index in [1.54, 1.807) is 6.92 Å². The Labute approximate surface area is 113 Å². The van der Waals surface area contributed by atoms with Crippen molar-refractivity contribution in [3.05, 3.63) is 0 Å². The van der Waals surface area contributed by atoms with Crippen LogP contribution in [0.4, 0.5) is 8.78 Å². The molecular weight excluding hydrogens is 254 g/mol. The van der Waals surface area contributed by atoms with Crippen molar-refractivity contribution in [3.8, 4) is 0 Å². The number of nitrogens with zero attached hydrogens (tertiary/aromatic N) is 1. The standard InChI is InChI=1S/C13H24F2N2O2/c1-12(19,9-17(2)3)8-16-11(18)10-4-6-13(14,15)7-5-10/h10,19H,4-9H2,1-3H3,(H,16,18). The summed E-state index contributed by atoms with van der Waals surface area (Å²) in [5.41, 5.74) is -1.02. The highest BCUT2D eigenvalue weighted by Crippen LogP contribution is 2.36. The molecule has 1 amide bonds.